The van der Waals surface area contributed by atoms with E-state index in [0.717, 1.165) is 24.3 Å². The smallest absolute Gasteiger partial charge is 0.0440 e. The molecule has 64 valence electrons. The van der Waals surface area contributed by atoms with Crippen LogP contribution in [0, 0.1) is 0 Å². The van der Waals surface area contributed by atoms with Crippen LogP contribution in [0.1, 0.15) is 17.5 Å². The lowest BCUT2D eigenvalue weighted by molar-refractivity contribution is 0.576. The molecule has 1 atom stereocenters. The second kappa shape index (κ2) is 3.08. The summed E-state index contributed by atoms with van der Waals surface area (Å²) in [5.74, 6) is 0. The molecule has 0 aromatic heterocycles. The predicted molar refractivity (Wildman–Crippen MR) is 51.5 cm³/mol. The number of halogens is 1. The Morgan fingerprint density at radius 3 is 3.08 bits per heavy atom. The fourth-order valence-corrected chi connectivity index (χ4v) is 2.08. The van der Waals surface area contributed by atoms with Gasteiger partial charge in [-0.2, -0.15) is 0 Å². The summed E-state index contributed by atoms with van der Waals surface area (Å²) >= 11 is 6.05. The number of hydrogen-bond donors (Lipinski definition) is 1. The SMILES string of the molecule is N[C@@H]1CCc2c(Cl)cccc2C1. The van der Waals surface area contributed by atoms with Gasteiger partial charge in [-0.1, -0.05) is 23.7 Å². The summed E-state index contributed by atoms with van der Waals surface area (Å²) in [4.78, 5) is 0. The number of rotatable bonds is 0. The quantitative estimate of drug-likeness (QED) is 0.652. The van der Waals surface area contributed by atoms with Crippen molar-refractivity contribution in [2.75, 3.05) is 0 Å². The van der Waals surface area contributed by atoms with Crippen LogP contribution in [0.4, 0.5) is 0 Å². The van der Waals surface area contributed by atoms with Gasteiger partial charge in [0.1, 0.15) is 0 Å². The minimum Gasteiger partial charge on any atom is -0.327 e. The topological polar surface area (TPSA) is 26.0 Å². The van der Waals surface area contributed by atoms with Gasteiger partial charge < -0.3 is 5.73 Å². The summed E-state index contributed by atoms with van der Waals surface area (Å²) in [5, 5.41) is 0.902. The van der Waals surface area contributed by atoms with Gasteiger partial charge in [-0.25, -0.2) is 0 Å². The van der Waals surface area contributed by atoms with E-state index in [1.165, 1.54) is 11.1 Å². The van der Waals surface area contributed by atoms with Gasteiger partial charge in [0.2, 0.25) is 0 Å². The highest BCUT2D eigenvalue weighted by Gasteiger charge is 2.16. The molecule has 2 N–H and O–H groups in total. The van der Waals surface area contributed by atoms with E-state index in [1.54, 1.807) is 0 Å². The Balaban J connectivity index is 2.42. The first kappa shape index (κ1) is 8.09. The van der Waals surface area contributed by atoms with Gasteiger partial charge in [-0.05, 0) is 36.5 Å². The Bertz CT molecular complexity index is 296. The second-order valence-electron chi connectivity index (χ2n) is 3.38. The molecule has 1 aromatic rings. The Morgan fingerprint density at radius 1 is 1.42 bits per heavy atom. The predicted octanol–water partition coefficient (Wildman–Crippen LogP) is 2.16. The van der Waals surface area contributed by atoms with Gasteiger partial charge in [-0.15, -0.1) is 0 Å². The van der Waals surface area contributed by atoms with Crippen molar-refractivity contribution >= 4 is 11.6 Å². The number of fused-ring (bicyclic) bond motifs is 1. The first-order valence-electron chi connectivity index (χ1n) is 4.29. The lowest BCUT2D eigenvalue weighted by Gasteiger charge is -2.21. The van der Waals surface area contributed by atoms with Crippen LogP contribution in [0.2, 0.25) is 5.02 Å². The maximum absolute atomic E-state index is 6.05. The van der Waals surface area contributed by atoms with Crippen LogP contribution in [-0.4, -0.2) is 6.04 Å². The molecule has 0 saturated carbocycles. The summed E-state index contributed by atoms with van der Waals surface area (Å²) in [6.07, 6.45) is 3.09. The van der Waals surface area contributed by atoms with Crippen molar-refractivity contribution in [2.24, 2.45) is 5.73 Å². The molecule has 1 aliphatic rings. The third-order valence-electron chi connectivity index (χ3n) is 2.46. The highest BCUT2D eigenvalue weighted by molar-refractivity contribution is 6.31. The van der Waals surface area contributed by atoms with Gasteiger partial charge in [0, 0.05) is 11.1 Å². The number of nitrogens with two attached hydrogens (primary N) is 1. The van der Waals surface area contributed by atoms with Crippen molar-refractivity contribution in [1.82, 2.24) is 0 Å². The van der Waals surface area contributed by atoms with E-state index in [1.807, 2.05) is 12.1 Å². The molecule has 1 aliphatic carbocycles. The molecule has 0 saturated heterocycles. The highest BCUT2D eigenvalue weighted by Crippen LogP contribution is 2.26. The molecule has 0 heterocycles. The maximum atomic E-state index is 6.05. The molecule has 0 spiro atoms. The van der Waals surface area contributed by atoms with Gasteiger partial charge in [0.25, 0.3) is 0 Å². The third kappa shape index (κ3) is 1.35. The van der Waals surface area contributed by atoms with E-state index in [0.29, 0.717) is 6.04 Å². The summed E-state index contributed by atoms with van der Waals surface area (Å²) in [6, 6.07) is 6.41. The molecule has 0 unspecified atom stereocenters. The molecule has 1 aromatic carbocycles. The zero-order valence-electron chi connectivity index (χ0n) is 6.89. The van der Waals surface area contributed by atoms with E-state index < -0.39 is 0 Å². The van der Waals surface area contributed by atoms with Gasteiger partial charge in [0.05, 0.1) is 0 Å². The molecule has 0 fully saturated rings. The second-order valence-corrected chi connectivity index (χ2v) is 3.79. The van der Waals surface area contributed by atoms with Crippen LogP contribution in [0.5, 0.6) is 0 Å². The molecule has 1 nitrogen and oxygen atoms in total. The largest absolute Gasteiger partial charge is 0.327 e. The fraction of sp³-hybridized carbons (Fsp3) is 0.400. The van der Waals surface area contributed by atoms with E-state index in [2.05, 4.69) is 6.07 Å². The summed E-state index contributed by atoms with van der Waals surface area (Å²) in [6.45, 7) is 0. The minimum atomic E-state index is 0.330. The first-order chi connectivity index (χ1) is 5.77. The van der Waals surface area contributed by atoms with Crippen LogP contribution in [0.25, 0.3) is 0 Å². The Morgan fingerprint density at radius 2 is 2.25 bits per heavy atom. The Kier molecular flexibility index (Phi) is 2.07. The molecule has 0 radical (unpaired) electrons. The van der Waals surface area contributed by atoms with Gasteiger partial charge in [0.15, 0.2) is 0 Å². The van der Waals surface area contributed by atoms with Crippen LogP contribution in [-0.2, 0) is 12.8 Å². The van der Waals surface area contributed by atoms with Crippen molar-refractivity contribution < 1.29 is 0 Å². The first-order valence-corrected chi connectivity index (χ1v) is 4.67. The normalized spacial score (nSPS) is 22.0. The molecular formula is C10H12ClN. The van der Waals surface area contributed by atoms with Gasteiger partial charge in [-0.3, -0.25) is 0 Å². The zero-order chi connectivity index (χ0) is 8.55. The molecule has 2 rings (SSSR count). The van der Waals surface area contributed by atoms with E-state index >= 15 is 0 Å². The third-order valence-corrected chi connectivity index (χ3v) is 2.82. The standard InChI is InChI=1S/C10H12ClN/c11-10-3-1-2-7-6-8(12)4-5-9(7)10/h1-3,8H,4-6,12H2/t8-/m1/s1. The Labute approximate surface area is 77.5 Å². The lowest BCUT2D eigenvalue weighted by atomic mass is 9.89. The molecule has 2 heteroatoms. The van der Waals surface area contributed by atoms with Crippen LogP contribution >= 0.6 is 11.6 Å². The van der Waals surface area contributed by atoms with E-state index in [-0.39, 0.29) is 0 Å². The van der Waals surface area contributed by atoms with Crippen LogP contribution < -0.4 is 5.73 Å². The molecule has 0 amide bonds. The van der Waals surface area contributed by atoms with Crippen molar-refractivity contribution in [3.63, 3.8) is 0 Å². The van der Waals surface area contributed by atoms with Crippen molar-refractivity contribution in [3.8, 4) is 0 Å². The van der Waals surface area contributed by atoms with Crippen LogP contribution in [0.15, 0.2) is 18.2 Å². The van der Waals surface area contributed by atoms with Crippen molar-refractivity contribution in [3.05, 3.63) is 34.3 Å². The fourth-order valence-electron chi connectivity index (χ4n) is 1.79. The Hall–Kier alpha value is -0.530. The van der Waals surface area contributed by atoms with Crippen molar-refractivity contribution in [1.29, 1.82) is 0 Å². The molecular weight excluding hydrogens is 170 g/mol. The maximum Gasteiger partial charge on any atom is 0.0440 e. The molecule has 12 heavy (non-hydrogen) atoms. The van der Waals surface area contributed by atoms with E-state index in [4.69, 9.17) is 17.3 Å². The van der Waals surface area contributed by atoms with Gasteiger partial charge >= 0.3 is 0 Å². The summed E-state index contributed by atoms with van der Waals surface area (Å²) < 4.78 is 0. The average molecular weight is 182 g/mol. The number of benzene rings is 1. The molecule has 0 bridgehead atoms. The van der Waals surface area contributed by atoms with E-state index in [9.17, 15) is 0 Å². The summed E-state index contributed by atoms with van der Waals surface area (Å²) in [7, 11) is 0. The minimum absolute atomic E-state index is 0.330. The van der Waals surface area contributed by atoms with Crippen molar-refractivity contribution in [2.45, 2.75) is 25.3 Å². The number of hydrogen-bond acceptors (Lipinski definition) is 1. The van der Waals surface area contributed by atoms with Crippen LogP contribution in [0.3, 0.4) is 0 Å². The zero-order valence-corrected chi connectivity index (χ0v) is 7.64. The average Bonchev–Trinajstić information content (AvgIpc) is 2.04. The lowest BCUT2D eigenvalue weighted by Crippen LogP contribution is -2.27. The molecule has 0 aliphatic heterocycles. The monoisotopic (exact) mass is 181 g/mol. The highest BCUT2D eigenvalue weighted by atomic mass is 35.5. The summed E-state index contributed by atoms with van der Waals surface area (Å²) in [5.41, 5.74) is 8.50.